The van der Waals surface area contributed by atoms with Crippen molar-refractivity contribution in [3.63, 3.8) is 0 Å². The lowest BCUT2D eigenvalue weighted by molar-refractivity contribution is -0.140. The minimum Gasteiger partial charge on any atom is -0.469 e. The van der Waals surface area contributed by atoms with Crippen molar-refractivity contribution in [3.8, 4) is 0 Å². The number of carbonyl (C=O) groups is 1. The zero-order valence-corrected chi connectivity index (χ0v) is 20.1. The number of fused-ring (bicyclic) bond motifs is 5. The second-order valence-corrected chi connectivity index (χ2v) is 12.0. The van der Waals surface area contributed by atoms with Gasteiger partial charge in [-0.15, -0.1) is 0 Å². The molecular formula is C27H47NO2. The van der Waals surface area contributed by atoms with E-state index in [9.17, 15) is 4.79 Å². The Morgan fingerprint density at radius 3 is 2.67 bits per heavy atom. The molecule has 9 unspecified atom stereocenters. The van der Waals surface area contributed by atoms with E-state index in [0.717, 1.165) is 54.3 Å². The van der Waals surface area contributed by atoms with Gasteiger partial charge in [0.15, 0.2) is 0 Å². The van der Waals surface area contributed by atoms with Gasteiger partial charge in [0.1, 0.15) is 0 Å². The Hall–Kier alpha value is -0.570. The SMILES string of the molecule is COC(=O)CCCC(C)NCC1CCC2C3CCC4CC(C)CCC4C3CCC12C. The Morgan fingerprint density at radius 2 is 1.87 bits per heavy atom. The number of carbonyl (C=O) groups excluding carboxylic acids is 1. The summed E-state index contributed by atoms with van der Waals surface area (Å²) in [5.74, 6) is 6.94. The highest BCUT2D eigenvalue weighted by Crippen LogP contribution is 2.64. The summed E-state index contributed by atoms with van der Waals surface area (Å²) in [6.45, 7) is 8.61. The summed E-state index contributed by atoms with van der Waals surface area (Å²) in [5, 5.41) is 3.84. The standard InChI is InChI=1S/C27H47NO2/c1-18-8-11-22-20(16-18)9-12-24-23(22)14-15-27(3)21(10-13-25(24)27)17-28-19(2)6-5-7-26(29)30-4/h18-25,28H,5-17H2,1-4H3. The Balaban J connectivity index is 1.30. The highest BCUT2D eigenvalue weighted by molar-refractivity contribution is 5.68. The third-order valence-electron chi connectivity index (χ3n) is 10.4. The zero-order chi connectivity index (χ0) is 21.3. The largest absolute Gasteiger partial charge is 0.469 e. The molecule has 0 bridgehead atoms. The second kappa shape index (κ2) is 9.51. The van der Waals surface area contributed by atoms with Gasteiger partial charge >= 0.3 is 5.97 Å². The molecule has 3 nitrogen and oxygen atoms in total. The Morgan fingerprint density at radius 1 is 1.07 bits per heavy atom. The highest BCUT2D eigenvalue weighted by atomic mass is 16.5. The topological polar surface area (TPSA) is 38.3 Å². The van der Waals surface area contributed by atoms with Crippen LogP contribution in [0.1, 0.15) is 97.8 Å². The van der Waals surface area contributed by atoms with E-state index in [0.29, 0.717) is 17.9 Å². The lowest BCUT2D eigenvalue weighted by Gasteiger charge is -2.56. The molecule has 0 radical (unpaired) electrons. The fourth-order valence-corrected chi connectivity index (χ4v) is 8.63. The van der Waals surface area contributed by atoms with E-state index < -0.39 is 0 Å². The van der Waals surface area contributed by atoms with Crippen molar-refractivity contribution in [2.24, 2.45) is 46.8 Å². The molecule has 9 atom stereocenters. The molecule has 172 valence electrons. The van der Waals surface area contributed by atoms with Crippen LogP contribution in [0.3, 0.4) is 0 Å². The number of hydrogen-bond acceptors (Lipinski definition) is 3. The number of hydrogen-bond donors (Lipinski definition) is 1. The molecule has 0 saturated heterocycles. The summed E-state index contributed by atoms with van der Waals surface area (Å²) in [7, 11) is 1.48. The normalized spacial score (nSPS) is 43.9. The molecule has 3 heteroatoms. The fraction of sp³-hybridized carbons (Fsp3) is 0.963. The molecule has 0 amide bonds. The number of esters is 1. The number of ether oxygens (including phenoxy) is 1. The summed E-state index contributed by atoms with van der Waals surface area (Å²) >= 11 is 0. The highest BCUT2D eigenvalue weighted by Gasteiger charge is 2.56. The summed E-state index contributed by atoms with van der Waals surface area (Å²) in [4.78, 5) is 11.3. The van der Waals surface area contributed by atoms with E-state index in [-0.39, 0.29) is 5.97 Å². The van der Waals surface area contributed by atoms with Crippen molar-refractivity contribution in [2.45, 2.75) is 104 Å². The minimum atomic E-state index is -0.0766. The van der Waals surface area contributed by atoms with E-state index >= 15 is 0 Å². The zero-order valence-electron chi connectivity index (χ0n) is 20.1. The average Bonchev–Trinajstić information content (AvgIpc) is 3.08. The quantitative estimate of drug-likeness (QED) is 0.500. The number of rotatable bonds is 7. The van der Waals surface area contributed by atoms with Crippen molar-refractivity contribution in [3.05, 3.63) is 0 Å². The number of nitrogens with one attached hydrogen (secondary N) is 1. The second-order valence-electron chi connectivity index (χ2n) is 12.0. The molecule has 0 aliphatic heterocycles. The molecule has 4 fully saturated rings. The Kier molecular flexibility index (Phi) is 7.17. The fourth-order valence-electron chi connectivity index (χ4n) is 8.63. The molecule has 30 heavy (non-hydrogen) atoms. The molecule has 4 saturated carbocycles. The molecule has 0 aromatic heterocycles. The van der Waals surface area contributed by atoms with Crippen molar-refractivity contribution < 1.29 is 9.53 Å². The van der Waals surface area contributed by atoms with Gasteiger partial charge in [-0.3, -0.25) is 4.79 Å². The lowest BCUT2D eigenvalue weighted by Crippen LogP contribution is -2.49. The van der Waals surface area contributed by atoms with Crippen LogP contribution in [0.4, 0.5) is 0 Å². The van der Waals surface area contributed by atoms with Gasteiger partial charge in [-0.1, -0.05) is 20.3 Å². The molecule has 0 heterocycles. The van der Waals surface area contributed by atoms with Crippen LogP contribution >= 0.6 is 0 Å². The molecule has 0 aromatic rings. The lowest BCUT2D eigenvalue weighted by atomic mass is 9.49. The smallest absolute Gasteiger partial charge is 0.305 e. The molecule has 4 rings (SSSR count). The van der Waals surface area contributed by atoms with Gasteiger partial charge in [0.2, 0.25) is 0 Å². The summed E-state index contributed by atoms with van der Waals surface area (Å²) < 4.78 is 4.77. The molecule has 1 N–H and O–H groups in total. The van der Waals surface area contributed by atoms with Crippen LogP contribution in [0, 0.1) is 46.8 Å². The first-order valence-corrected chi connectivity index (χ1v) is 13.2. The van der Waals surface area contributed by atoms with Gasteiger partial charge in [-0.2, -0.15) is 0 Å². The Bertz CT molecular complexity index is 591. The predicted molar refractivity (Wildman–Crippen MR) is 123 cm³/mol. The minimum absolute atomic E-state index is 0.0766. The molecule has 0 aromatic carbocycles. The third kappa shape index (κ3) is 4.48. The van der Waals surface area contributed by atoms with Gasteiger partial charge in [-0.05, 0) is 125 Å². The summed E-state index contributed by atoms with van der Waals surface area (Å²) in [6.07, 6.45) is 16.0. The average molecular weight is 418 g/mol. The Labute approximate surface area is 185 Å². The first-order chi connectivity index (χ1) is 14.4. The first-order valence-electron chi connectivity index (χ1n) is 13.2. The van der Waals surface area contributed by atoms with Gasteiger partial charge in [0, 0.05) is 12.5 Å². The van der Waals surface area contributed by atoms with Crippen LogP contribution < -0.4 is 5.32 Å². The third-order valence-corrected chi connectivity index (χ3v) is 10.4. The maximum absolute atomic E-state index is 11.3. The van der Waals surface area contributed by atoms with Crippen molar-refractivity contribution in [2.75, 3.05) is 13.7 Å². The van der Waals surface area contributed by atoms with Gasteiger partial charge < -0.3 is 10.1 Å². The van der Waals surface area contributed by atoms with Gasteiger partial charge in [-0.25, -0.2) is 0 Å². The van der Waals surface area contributed by atoms with Gasteiger partial charge in [0.05, 0.1) is 7.11 Å². The summed E-state index contributed by atoms with van der Waals surface area (Å²) in [6, 6.07) is 0.494. The van der Waals surface area contributed by atoms with E-state index in [1.165, 1.54) is 71.4 Å². The van der Waals surface area contributed by atoms with Crippen LogP contribution in [-0.4, -0.2) is 25.7 Å². The van der Waals surface area contributed by atoms with E-state index in [1.54, 1.807) is 0 Å². The molecule has 0 spiro atoms. The molecule has 4 aliphatic rings. The maximum Gasteiger partial charge on any atom is 0.305 e. The molecule has 4 aliphatic carbocycles. The van der Waals surface area contributed by atoms with Crippen LogP contribution in [0.5, 0.6) is 0 Å². The van der Waals surface area contributed by atoms with E-state index in [4.69, 9.17) is 4.74 Å². The van der Waals surface area contributed by atoms with E-state index in [2.05, 4.69) is 26.1 Å². The van der Waals surface area contributed by atoms with Gasteiger partial charge in [0.25, 0.3) is 0 Å². The van der Waals surface area contributed by atoms with Crippen molar-refractivity contribution >= 4 is 5.97 Å². The van der Waals surface area contributed by atoms with E-state index in [1.807, 2.05) is 0 Å². The maximum atomic E-state index is 11.3. The summed E-state index contributed by atoms with van der Waals surface area (Å²) in [5.41, 5.74) is 0.564. The van der Waals surface area contributed by atoms with Crippen molar-refractivity contribution in [1.29, 1.82) is 0 Å². The van der Waals surface area contributed by atoms with Crippen LogP contribution in [0.25, 0.3) is 0 Å². The number of methoxy groups -OCH3 is 1. The predicted octanol–water partition coefficient (Wildman–Crippen LogP) is 6.21. The monoisotopic (exact) mass is 417 g/mol. The van der Waals surface area contributed by atoms with Crippen LogP contribution in [-0.2, 0) is 9.53 Å². The first kappa shape index (κ1) is 22.6. The van der Waals surface area contributed by atoms with Crippen LogP contribution in [0.2, 0.25) is 0 Å². The van der Waals surface area contributed by atoms with Crippen LogP contribution in [0.15, 0.2) is 0 Å². The molecular weight excluding hydrogens is 370 g/mol. The van der Waals surface area contributed by atoms with Crippen molar-refractivity contribution in [1.82, 2.24) is 5.32 Å².